The number of hydrogen-bond acceptors (Lipinski definition) is 5. The fraction of sp³-hybridized carbons (Fsp3) is 0.143. The molecule has 1 rings (SSSR count). The van der Waals surface area contributed by atoms with Gasteiger partial charge in [-0.3, -0.25) is 10.1 Å². The third-order valence-corrected chi connectivity index (χ3v) is 4.21. The van der Waals surface area contributed by atoms with Crippen LogP contribution in [0.1, 0.15) is 0 Å². The number of nitrogens with zero attached hydrogens (tertiary/aromatic N) is 1. The first kappa shape index (κ1) is 14.3. The maximum Gasteiger partial charge on any atom is 0.359 e. The molecule has 6 nitrogen and oxygen atoms in total. The summed E-state index contributed by atoms with van der Waals surface area (Å²) in [7, 11) is -4.61. The maximum absolute atomic E-state index is 11.4. The van der Waals surface area contributed by atoms with Crippen molar-refractivity contribution in [1.82, 2.24) is 0 Å². The Kier molecular flexibility index (Phi) is 4.08. The van der Waals surface area contributed by atoms with E-state index in [0.29, 0.717) is 0 Å². The lowest BCUT2D eigenvalue weighted by atomic mass is 10.3. The Morgan fingerprint density at radius 2 is 1.76 bits per heavy atom. The number of hydrogen-bond donors (Lipinski definition) is 0. The third kappa shape index (κ3) is 3.35. The van der Waals surface area contributed by atoms with Crippen molar-refractivity contribution in [1.29, 1.82) is 0 Å². The van der Waals surface area contributed by atoms with E-state index in [0.717, 1.165) is 12.1 Å². The summed E-state index contributed by atoms with van der Waals surface area (Å²) in [5.74, 6) is -0.524. The van der Waals surface area contributed by atoms with E-state index >= 15 is 0 Å². The summed E-state index contributed by atoms with van der Waals surface area (Å²) in [4.78, 5) is 9.77. The molecule has 0 aromatic heterocycles. The molecule has 0 saturated heterocycles. The Morgan fingerprint density at radius 1 is 1.24 bits per heavy atom. The van der Waals surface area contributed by atoms with Crippen LogP contribution in [0.2, 0.25) is 0 Å². The van der Waals surface area contributed by atoms with Gasteiger partial charge in [0.2, 0.25) is 5.75 Å². The molecule has 0 heterocycles. The van der Waals surface area contributed by atoms with Crippen LogP contribution in [-0.4, -0.2) is 16.5 Å². The van der Waals surface area contributed by atoms with Crippen molar-refractivity contribution in [2.24, 2.45) is 0 Å². The number of alkyl halides is 3. The summed E-state index contributed by atoms with van der Waals surface area (Å²) < 4.78 is 24.4. The molecule has 0 aliphatic carbocycles. The molecule has 0 fully saturated rings. The van der Waals surface area contributed by atoms with E-state index in [2.05, 4.69) is 4.18 Å². The minimum Gasteiger partial charge on any atom is -0.372 e. The van der Waals surface area contributed by atoms with Gasteiger partial charge in [-0.2, -0.15) is 8.42 Å². The first-order chi connectivity index (χ1) is 7.65. The van der Waals surface area contributed by atoms with Gasteiger partial charge in [-0.15, -0.1) is 0 Å². The molecule has 0 saturated carbocycles. The normalized spacial score (nSPS) is 12.2. The van der Waals surface area contributed by atoms with Crippen molar-refractivity contribution < 1.29 is 17.5 Å². The Bertz CT molecular complexity index is 539. The number of benzene rings is 1. The fourth-order valence-corrected chi connectivity index (χ4v) is 1.60. The lowest BCUT2D eigenvalue weighted by Crippen LogP contribution is -2.25. The zero-order valence-corrected chi connectivity index (χ0v) is 10.9. The molecule has 94 valence electrons. The molecule has 0 amide bonds. The van der Waals surface area contributed by atoms with Gasteiger partial charge in [-0.25, -0.2) is 0 Å². The summed E-state index contributed by atoms with van der Waals surface area (Å²) in [5, 5.41) is 10.6. The summed E-state index contributed by atoms with van der Waals surface area (Å²) in [6.07, 6.45) is 0. The van der Waals surface area contributed by atoms with Crippen molar-refractivity contribution in [2.75, 3.05) is 0 Å². The highest BCUT2D eigenvalue weighted by atomic mass is 35.6. The summed E-state index contributed by atoms with van der Waals surface area (Å²) in [6, 6.07) is 4.82. The van der Waals surface area contributed by atoms with E-state index in [9.17, 15) is 18.5 Å². The van der Waals surface area contributed by atoms with E-state index in [4.69, 9.17) is 34.8 Å². The number of nitro benzene ring substituents is 1. The van der Waals surface area contributed by atoms with E-state index in [1.165, 1.54) is 12.1 Å². The van der Waals surface area contributed by atoms with Gasteiger partial charge < -0.3 is 4.18 Å². The van der Waals surface area contributed by atoms with Gasteiger partial charge in [0.15, 0.2) is 0 Å². The molecule has 0 bridgehead atoms. The quantitative estimate of drug-likeness (QED) is 0.370. The summed E-state index contributed by atoms with van der Waals surface area (Å²) >= 11 is 15.5. The van der Waals surface area contributed by atoms with Crippen LogP contribution < -0.4 is 4.18 Å². The van der Waals surface area contributed by atoms with E-state index in [1.54, 1.807) is 0 Å². The predicted octanol–water partition coefficient (Wildman–Crippen LogP) is 2.63. The average molecular weight is 321 g/mol. The molecule has 10 heteroatoms. The van der Waals surface area contributed by atoms with Crippen molar-refractivity contribution in [3.63, 3.8) is 0 Å². The highest BCUT2D eigenvalue weighted by Crippen LogP contribution is 2.37. The summed E-state index contributed by atoms with van der Waals surface area (Å²) in [6.45, 7) is 0. The minimum absolute atomic E-state index is 0.524. The number of para-hydroxylation sites is 2. The van der Waals surface area contributed by atoms with Gasteiger partial charge >= 0.3 is 18.9 Å². The second-order valence-corrected chi connectivity index (χ2v) is 7.35. The van der Waals surface area contributed by atoms with Gasteiger partial charge in [0, 0.05) is 6.07 Å². The Balaban J connectivity index is 3.18. The van der Waals surface area contributed by atoms with Crippen LogP contribution >= 0.6 is 34.8 Å². The predicted molar refractivity (Wildman–Crippen MR) is 62.9 cm³/mol. The van der Waals surface area contributed by atoms with Crippen molar-refractivity contribution in [3.05, 3.63) is 34.4 Å². The second-order valence-electron chi connectivity index (χ2n) is 2.71. The highest BCUT2D eigenvalue weighted by Gasteiger charge is 2.41. The smallest absolute Gasteiger partial charge is 0.359 e. The van der Waals surface area contributed by atoms with Crippen molar-refractivity contribution in [2.45, 2.75) is 3.12 Å². The third-order valence-electron chi connectivity index (χ3n) is 1.54. The molecule has 0 atom stereocenters. The minimum atomic E-state index is -4.61. The lowest BCUT2D eigenvalue weighted by Gasteiger charge is -2.12. The molecule has 0 aliphatic heterocycles. The SMILES string of the molecule is O=[N+]([O-])c1ccccc1OS(=O)(=O)C(Cl)(Cl)Cl. The van der Waals surface area contributed by atoms with Crippen LogP contribution in [0.3, 0.4) is 0 Å². The van der Waals surface area contributed by atoms with Gasteiger partial charge in [-0.1, -0.05) is 46.9 Å². The first-order valence-electron chi connectivity index (χ1n) is 3.89. The Morgan fingerprint density at radius 3 is 2.24 bits per heavy atom. The van der Waals surface area contributed by atoms with E-state index in [-0.39, 0.29) is 0 Å². The largest absolute Gasteiger partial charge is 0.372 e. The van der Waals surface area contributed by atoms with Crippen molar-refractivity contribution >= 4 is 50.6 Å². The number of rotatable bonds is 3. The zero-order chi connectivity index (χ0) is 13.3. The molecular weight excluding hydrogens is 317 g/mol. The monoisotopic (exact) mass is 319 g/mol. The number of halogens is 3. The summed E-state index contributed by atoms with van der Waals surface area (Å²) in [5.41, 5.74) is -0.551. The molecule has 0 N–H and O–H groups in total. The van der Waals surface area contributed by atoms with Crippen LogP contribution in [0.25, 0.3) is 0 Å². The van der Waals surface area contributed by atoms with Crippen LogP contribution in [-0.2, 0) is 10.1 Å². The highest BCUT2D eigenvalue weighted by molar-refractivity contribution is 7.93. The van der Waals surface area contributed by atoms with Crippen LogP contribution in [0.15, 0.2) is 24.3 Å². The second kappa shape index (κ2) is 4.85. The molecule has 1 aromatic carbocycles. The van der Waals surface area contributed by atoms with Gasteiger partial charge in [-0.05, 0) is 6.07 Å². The molecular formula is C7H4Cl3NO5S. The van der Waals surface area contributed by atoms with Crippen molar-refractivity contribution in [3.8, 4) is 5.75 Å². The van der Waals surface area contributed by atoms with Gasteiger partial charge in [0.05, 0.1) is 4.92 Å². The Hall–Kier alpha value is -0.760. The molecule has 0 radical (unpaired) electrons. The molecule has 1 aromatic rings. The average Bonchev–Trinajstić information content (AvgIpc) is 2.15. The zero-order valence-electron chi connectivity index (χ0n) is 7.84. The molecule has 0 unspecified atom stereocenters. The van der Waals surface area contributed by atoms with Gasteiger partial charge in [0.25, 0.3) is 0 Å². The Labute approximate surface area is 111 Å². The number of nitro groups is 1. The van der Waals surface area contributed by atoms with Gasteiger partial charge in [0.1, 0.15) is 0 Å². The molecule has 17 heavy (non-hydrogen) atoms. The van der Waals surface area contributed by atoms with E-state index < -0.39 is 29.6 Å². The van der Waals surface area contributed by atoms with E-state index in [1.807, 2.05) is 0 Å². The van der Waals surface area contributed by atoms with Crippen LogP contribution in [0.4, 0.5) is 5.69 Å². The van der Waals surface area contributed by atoms with Crippen LogP contribution in [0, 0.1) is 10.1 Å². The lowest BCUT2D eigenvalue weighted by molar-refractivity contribution is -0.385. The topological polar surface area (TPSA) is 86.5 Å². The first-order valence-corrected chi connectivity index (χ1v) is 6.43. The van der Waals surface area contributed by atoms with Crippen LogP contribution in [0.5, 0.6) is 5.75 Å². The molecule has 0 spiro atoms. The maximum atomic E-state index is 11.4. The fourth-order valence-electron chi connectivity index (χ4n) is 0.844. The standard InChI is InChI=1S/C7H4Cl3NO5S/c8-7(9,10)17(14,15)16-6-4-2-1-3-5(6)11(12)13/h1-4H. The molecule has 0 aliphatic rings.